The van der Waals surface area contributed by atoms with Crippen LogP contribution in [0, 0.1) is 28.9 Å². The van der Waals surface area contributed by atoms with Gasteiger partial charge in [0, 0.05) is 0 Å². The van der Waals surface area contributed by atoms with Gasteiger partial charge in [-0.05, 0) is 0 Å². The Morgan fingerprint density at radius 1 is 1.04 bits per heavy atom. The van der Waals surface area contributed by atoms with Gasteiger partial charge in [0.05, 0.1) is 0 Å². The molecule has 0 atom stereocenters. The maximum absolute atomic E-state index is 11.8. The Morgan fingerprint density at radius 2 is 1.54 bits per heavy atom. The normalized spacial score (nSPS) is 12.4. The van der Waals surface area contributed by atoms with Gasteiger partial charge in [-0.15, -0.1) is 12.8 Å². The van der Waals surface area contributed by atoms with E-state index in [4.69, 9.17) is 5.26 Å². The third-order valence-corrected chi connectivity index (χ3v) is 2.19. The fourth-order valence-corrected chi connectivity index (χ4v) is 1.25. The molecule has 2 aliphatic carbocycles. The zero-order valence-electron chi connectivity index (χ0n) is 12.7. The van der Waals surface area contributed by atoms with E-state index in [0.717, 1.165) is 18.9 Å². The average Bonchev–Trinajstić information content (AvgIpc) is 3.27. The first-order valence-corrected chi connectivity index (χ1v) is 6.91. The third-order valence-electron chi connectivity index (χ3n) is 2.19. The van der Waals surface area contributed by atoms with E-state index >= 15 is 0 Å². The molecule has 24 heavy (non-hydrogen) atoms. The average molecular weight is 381 g/mol. The standard InChI is InChI=1S/C7H4F3.2C5H5.CHNS.Ti/c8-7(9,10)6-4-2-1-3-5-6;2*1-2-4-5-3-1;2-1-3;/h1-4H;2*1-3H,4H2;3H;/q3*-1;;+3/p-1. The van der Waals surface area contributed by atoms with Gasteiger partial charge in [-0.25, -0.2) is 29.6 Å². The van der Waals surface area contributed by atoms with E-state index in [1.165, 1.54) is 23.6 Å². The monoisotopic (exact) mass is 381 g/mol. The van der Waals surface area contributed by atoms with Gasteiger partial charge in [0.1, 0.15) is 0 Å². The number of nitriles is 1. The molecule has 1 aromatic carbocycles. The van der Waals surface area contributed by atoms with Gasteiger partial charge in [-0.3, -0.25) is 12.2 Å². The second-order valence-electron chi connectivity index (χ2n) is 3.87. The molecule has 0 amide bonds. The number of benzene rings is 1. The summed E-state index contributed by atoms with van der Waals surface area (Å²) in [4.78, 5) is 0. The van der Waals surface area contributed by atoms with Crippen molar-refractivity contribution in [1.29, 1.82) is 5.26 Å². The van der Waals surface area contributed by atoms with Crippen molar-refractivity contribution in [3.05, 3.63) is 84.5 Å². The number of alkyl halides is 3. The number of halogens is 3. The topological polar surface area (TPSA) is 23.8 Å². The Morgan fingerprint density at radius 3 is 1.71 bits per heavy atom. The molecule has 0 bridgehead atoms. The number of thiocyanates is 1. The zero-order chi connectivity index (χ0) is 17.4. The SMILES string of the molecule is FC(F)(F)c1[c-]cccc1.N#C[S-].[C-]1=CC=CC1.[C-]1=CC=CC1.[Ti+3]. The van der Waals surface area contributed by atoms with E-state index in [0.29, 0.717) is 0 Å². The van der Waals surface area contributed by atoms with Crippen LogP contribution in [0.2, 0.25) is 0 Å². The number of rotatable bonds is 0. The van der Waals surface area contributed by atoms with Crippen LogP contribution < -0.4 is 0 Å². The van der Waals surface area contributed by atoms with Crippen LogP contribution >= 0.6 is 0 Å². The van der Waals surface area contributed by atoms with Crippen molar-refractivity contribution in [2.45, 2.75) is 19.0 Å². The summed E-state index contributed by atoms with van der Waals surface area (Å²) in [6.07, 6.45) is 15.7. The summed E-state index contributed by atoms with van der Waals surface area (Å²) in [6, 6.07) is 7.14. The molecule has 6 heteroatoms. The summed E-state index contributed by atoms with van der Waals surface area (Å²) in [5.74, 6) is 0. The molecule has 1 aromatic rings. The first-order chi connectivity index (χ1) is 11.0. The van der Waals surface area contributed by atoms with Crippen LogP contribution in [0.1, 0.15) is 18.4 Å². The second-order valence-corrected chi connectivity index (χ2v) is 4.05. The predicted molar refractivity (Wildman–Crippen MR) is 86.4 cm³/mol. The van der Waals surface area contributed by atoms with Crippen LogP contribution in [0.3, 0.4) is 0 Å². The Balaban J connectivity index is 0. The van der Waals surface area contributed by atoms with Crippen LogP contribution in [0.15, 0.2) is 60.7 Å². The predicted octanol–water partition coefficient (Wildman–Crippen LogP) is 5.13. The first-order valence-electron chi connectivity index (χ1n) is 6.51. The molecule has 0 unspecified atom stereocenters. The fourth-order valence-electron chi connectivity index (χ4n) is 1.25. The van der Waals surface area contributed by atoms with Gasteiger partial charge in [0.2, 0.25) is 0 Å². The quantitative estimate of drug-likeness (QED) is 0.269. The maximum atomic E-state index is 11.8. The molecule has 0 aliphatic heterocycles. The minimum absolute atomic E-state index is 0. The van der Waals surface area contributed by atoms with Gasteiger partial charge < -0.3 is 12.6 Å². The van der Waals surface area contributed by atoms with Crippen molar-refractivity contribution in [2.75, 3.05) is 0 Å². The van der Waals surface area contributed by atoms with Gasteiger partial charge >= 0.3 is 27.9 Å². The molecular formula is C18H14F3NSTi-. The van der Waals surface area contributed by atoms with Crippen LogP contribution in [0.4, 0.5) is 13.2 Å². The van der Waals surface area contributed by atoms with Crippen molar-refractivity contribution >= 4 is 12.6 Å². The number of hydrogen-bond donors (Lipinski definition) is 0. The second kappa shape index (κ2) is 16.3. The number of hydrogen-bond acceptors (Lipinski definition) is 2. The molecule has 0 N–H and O–H groups in total. The van der Waals surface area contributed by atoms with Crippen LogP contribution in [-0.4, -0.2) is 0 Å². The van der Waals surface area contributed by atoms with E-state index < -0.39 is 11.7 Å². The molecule has 3 rings (SSSR count). The van der Waals surface area contributed by atoms with Gasteiger partial charge in [-0.2, -0.15) is 55.7 Å². The zero-order valence-corrected chi connectivity index (χ0v) is 15.1. The Bertz CT molecular complexity index is 528. The summed E-state index contributed by atoms with van der Waals surface area (Å²) >= 11 is 3.70. The van der Waals surface area contributed by atoms with Crippen molar-refractivity contribution in [3.63, 3.8) is 0 Å². The molecular weight excluding hydrogens is 367 g/mol. The maximum Gasteiger partial charge on any atom is 3.00 e. The van der Waals surface area contributed by atoms with E-state index in [2.05, 4.69) is 43.0 Å². The molecule has 0 spiro atoms. The van der Waals surface area contributed by atoms with Crippen molar-refractivity contribution in [3.8, 4) is 5.40 Å². The van der Waals surface area contributed by atoms with Crippen molar-refractivity contribution < 1.29 is 34.9 Å². The fraction of sp³-hybridized carbons (Fsp3) is 0.167. The summed E-state index contributed by atoms with van der Waals surface area (Å²) in [5.41, 5.74) is -0.727. The molecule has 0 aromatic heterocycles. The first kappa shape index (κ1) is 24.6. The Kier molecular flexibility index (Phi) is 16.7. The smallest absolute Gasteiger partial charge is 0.696 e. The molecule has 0 heterocycles. The van der Waals surface area contributed by atoms with Gasteiger partial charge in [0.25, 0.3) is 0 Å². The molecule has 0 fully saturated rings. The summed E-state index contributed by atoms with van der Waals surface area (Å²) in [5, 5.41) is 8.47. The van der Waals surface area contributed by atoms with E-state index in [9.17, 15) is 13.2 Å². The van der Waals surface area contributed by atoms with E-state index in [-0.39, 0.29) is 21.7 Å². The molecule has 123 valence electrons. The van der Waals surface area contributed by atoms with E-state index in [1.807, 2.05) is 24.3 Å². The van der Waals surface area contributed by atoms with Crippen LogP contribution in [0.5, 0.6) is 0 Å². The van der Waals surface area contributed by atoms with Crippen molar-refractivity contribution in [2.24, 2.45) is 0 Å². The minimum Gasteiger partial charge on any atom is -0.696 e. The molecule has 1 nitrogen and oxygen atoms in total. The summed E-state index contributed by atoms with van der Waals surface area (Å²) in [6.45, 7) is 0. The van der Waals surface area contributed by atoms with Crippen molar-refractivity contribution in [1.82, 2.24) is 0 Å². The largest absolute Gasteiger partial charge is 3.00 e. The van der Waals surface area contributed by atoms with Crippen LogP contribution in [-0.2, 0) is 40.5 Å². The summed E-state index contributed by atoms with van der Waals surface area (Å²) in [7, 11) is 0. The Labute approximate surface area is 161 Å². The summed E-state index contributed by atoms with van der Waals surface area (Å²) < 4.78 is 35.3. The molecule has 0 saturated heterocycles. The van der Waals surface area contributed by atoms with E-state index in [1.54, 1.807) is 0 Å². The number of allylic oxidation sites excluding steroid dienone is 8. The third kappa shape index (κ3) is 15.3. The molecule has 2 aliphatic rings. The van der Waals surface area contributed by atoms with Gasteiger partial charge in [0.15, 0.2) is 0 Å². The Hall–Kier alpha value is -1.61. The number of nitrogens with zero attached hydrogens (tertiary/aromatic N) is 1. The molecule has 1 radical (unpaired) electrons. The minimum atomic E-state index is -4.26. The van der Waals surface area contributed by atoms with Gasteiger partial charge in [-0.1, -0.05) is 11.0 Å². The van der Waals surface area contributed by atoms with Crippen LogP contribution in [0.25, 0.3) is 0 Å². The molecule has 0 saturated carbocycles.